The zero-order chi connectivity index (χ0) is 28.1. The van der Waals surface area contributed by atoms with Crippen molar-refractivity contribution in [2.24, 2.45) is 0 Å². The molecule has 0 aliphatic carbocycles. The van der Waals surface area contributed by atoms with E-state index in [1.54, 1.807) is 24.4 Å². The average Bonchev–Trinajstić information content (AvgIpc) is 3.37. The van der Waals surface area contributed by atoms with Crippen molar-refractivity contribution in [1.29, 1.82) is 0 Å². The fraction of sp³-hybridized carbons (Fsp3) is 0.185. The van der Waals surface area contributed by atoms with E-state index >= 15 is 0 Å². The number of carbonyl (C=O) groups excluding carboxylic acids is 1. The van der Waals surface area contributed by atoms with Gasteiger partial charge in [0, 0.05) is 30.7 Å². The fourth-order valence-corrected chi connectivity index (χ4v) is 4.57. The maximum atomic E-state index is 14.0. The van der Waals surface area contributed by atoms with Crippen LogP contribution in [0.2, 0.25) is 0 Å². The number of nitrogens with zero attached hydrogens (tertiary/aromatic N) is 5. The Morgan fingerprint density at radius 3 is 2.26 bits per heavy atom. The van der Waals surface area contributed by atoms with Crippen molar-refractivity contribution in [3.63, 3.8) is 0 Å². The number of benzene rings is 2. The summed E-state index contributed by atoms with van der Waals surface area (Å²) in [7, 11) is 1.31. The summed E-state index contributed by atoms with van der Waals surface area (Å²) < 4.78 is 81.8. The molecule has 39 heavy (non-hydrogen) atoms. The van der Waals surface area contributed by atoms with Crippen molar-refractivity contribution < 1.29 is 31.1 Å². The monoisotopic (exact) mass is 543 g/mol. The molecule has 5 aromatic rings. The Morgan fingerprint density at radius 1 is 0.949 bits per heavy atom. The maximum Gasteiger partial charge on any atom is 0.416 e. The van der Waals surface area contributed by atoms with E-state index in [0.717, 1.165) is 10.5 Å². The standard InChI is InChI=1S/C27H19F6N5O/c1-15-6-3-4-7-19(15)21-20-8-5-9-34-22(20)24-36-35-14-38(24)23(21)25(39)37(2)13-16-10-17(26(28,29)30)12-18(11-16)27(31,32)33/h3-12,14H,13H2,1-2H3. The number of hydrogen-bond donors (Lipinski definition) is 0. The zero-order valence-corrected chi connectivity index (χ0v) is 20.5. The SMILES string of the molecule is Cc1ccccc1-c1c(C(=O)N(C)Cc2cc(C(F)(F)F)cc(C(F)(F)F)c2)n2cnnc2c2ncccc12. The largest absolute Gasteiger partial charge is 0.416 e. The maximum absolute atomic E-state index is 14.0. The molecule has 0 radical (unpaired) electrons. The van der Waals surface area contributed by atoms with Crippen LogP contribution in [0.25, 0.3) is 27.7 Å². The number of alkyl halides is 6. The molecule has 0 unspecified atom stereocenters. The third kappa shape index (κ3) is 4.77. The van der Waals surface area contributed by atoms with Crippen molar-refractivity contribution in [1.82, 2.24) is 24.5 Å². The summed E-state index contributed by atoms with van der Waals surface area (Å²) in [6.07, 6.45) is -7.12. The topological polar surface area (TPSA) is 63.4 Å². The quantitative estimate of drug-likeness (QED) is 0.241. The van der Waals surface area contributed by atoms with Crippen LogP contribution in [0, 0.1) is 6.92 Å². The van der Waals surface area contributed by atoms with Crippen LogP contribution < -0.4 is 0 Å². The minimum atomic E-state index is -5.00. The van der Waals surface area contributed by atoms with E-state index in [9.17, 15) is 31.1 Å². The van der Waals surface area contributed by atoms with E-state index in [2.05, 4.69) is 15.2 Å². The van der Waals surface area contributed by atoms with Crippen LogP contribution in [0.1, 0.15) is 32.7 Å². The number of fused-ring (bicyclic) bond motifs is 3. The molecule has 1 amide bonds. The number of halogens is 6. The molecule has 0 aliphatic rings. The lowest BCUT2D eigenvalue weighted by Gasteiger charge is -2.23. The van der Waals surface area contributed by atoms with Crippen molar-refractivity contribution in [2.75, 3.05) is 7.05 Å². The second-order valence-corrected chi connectivity index (χ2v) is 9.04. The number of rotatable bonds is 4. The van der Waals surface area contributed by atoms with Crippen LogP contribution in [-0.2, 0) is 18.9 Å². The lowest BCUT2D eigenvalue weighted by molar-refractivity contribution is -0.143. The Kier molecular flexibility index (Phi) is 6.28. The molecule has 0 N–H and O–H groups in total. The highest BCUT2D eigenvalue weighted by molar-refractivity contribution is 6.11. The van der Waals surface area contributed by atoms with Crippen LogP contribution in [0.15, 0.2) is 67.1 Å². The van der Waals surface area contributed by atoms with Gasteiger partial charge in [-0.2, -0.15) is 26.3 Å². The van der Waals surface area contributed by atoms with Crippen LogP contribution >= 0.6 is 0 Å². The predicted molar refractivity (Wildman–Crippen MR) is 131 cm³/mol. The highest BCUT2D eigenvalue weighted by Gasteiger charge is 2.37. The Morgan fingerprint density at radius 2 is 1.62 bits per heavy atom. The lowest BCUT2D eigenvalue weighted by atomic mass is 9.94. The van der Waals surface area contributed by atoms with E-state index in [-0.39, 0.29) is 23.0 Å². The molecule has 0 atom stereocenters. The minimum absolute atomic E-state index is 0.0542. The van der Waals surface area contributed by atoms with Gasteiger partial charge in [0.15, 0.2) is 5.65 Å². The highest BCUT2D eigenvalue weighted by atomic mass is 19.4. The summed E-state index contributed by atoms with van der Waals surface area (Å²) in [6, 6.07) is 12.0. The molecular weight excluding hydrogens is 524 g/mol. The lowest BCUT2D eigenvalue weighted by Crippen LogP contribution is -2.29. The molecule has 200 valence electrons. The molecule has 0 fully saturated rings. The van der Waals surface area contributed by atoms with Crippen LogP contribution in [0.3, 0.4) is 0 Å². The number of pyridine rings is 2. The van der Waals surface area contributed by atoms with Gasteiger partial charge in [-0.25, -0.2) is 0 Å². The second-order valence-electron chi connectivity index (χ2n) is 9.04. The summed E-state index contributed by atoms with van der Waals surface area (Å²) in [5.41, 5.74) is -0.374. The molecule has 3 aromatic heterocycles. The first-order chi connectivity index (χ1) is 18.4. The van der Waals surface area contributed by atoms with Gasteiger partial charge in [0.1, 0.15) is 17.5 Å². The third-order valence-corrected chi connectivity index (χ3v) is 6.35. The number of amides is 1. The summed E-state index contributed by atoms with van der Waals surface area (Å²) in [6.45, 7) is 1.33. The summed E-state index contributed by atoms with van der Waals surface area (Å²) in [5, 5.41) is 8.61. The Hall–Kier alpha value is -4.48. The smallest absolute Gasteiger partial charge is 0.336 e. The summed E-state index contributed by atoms with van der Waals surface area (Å²) in [5.74, 6) is -0.658. The number of hydrogen-bond acceptors (Lipinski definition) is 4. The van der Waals surface area contributed by atoms with Gasteiger partial charge in [0.25, 0.3) is 5.91 Å². The summed E-state index contributed by atoms with van der Waals surface area (Å²) in [4.78, 5) is 19.4. The molecule has 0 saturated heterocycles. The minimum Gasteiger partial charge on any atom is -0.336 e. The van der Waals surface area contributed by atoms with Gasteiger partial charge in [-0.1, -0.05) is 30.3 Å². The van der Waals surface area contributed by atoms with Crippen molar-refractivity contribution in [3.8, 4) is 11.1 Å². The van der Waals surface area contributed by atoms with Crippen molar-refractivity contribution in [3.05, 3.63) is 95.1 Å². The molecule has 0 saturated carbocycles. The average molecular weight is 543 g/mol. The second kappa shape index (κ2) is 9.37. The molecule has 0 spiro atoms. The van der Waals surface area contributed by atoms with E-state index in [1.165, 1.54) is 17.8 Å². The van der Waals surface area contributed by atoms with Gasteiger partial charge in [-0.3, -0.25) is 14.2 Å². The number of aryl methyl sites for hydroxylation is 1. The first-order valence-corrected chi connectivity index (χ1v) is 11.6. The van der Waals surface area contributed by atoms with Gasteiger partial charge in [0.05, 0.1) is 11.1 Å². The molecule has 3 heterocycles. The van der Waals surface area contributed by atoms with Gasteiger partial charge < -0.3 is 4.90 Å². The molecule has 2 aromatic carbocycles. The van der Waals surface area contributed by atoms with Gasteiger partial charge >= 0.3 is 12.4 Å². The van der Waals surface area contributed by atoms with Gasteiger partial charge in [0.2, 0.25) is 0 Å². The Balaban J connectivity index is 1.68. The zero-order valence-electron chi connectivity index (χ0n) is 20.5. The van der Waals surface area contributed by atoms with Gasteiger partial charge in [-0.05, 0) is 47.9 Å². The number of aromatic nitrogens is 4. The first kappa shape index (κ1) is 26.1. The Labute approximate surface area is 217 Å². The molecular formula is C27H19F6N5O. The molecule has 6 nitrogen and oxygen atoms in total. The van der Waals surface area contributed by atoms with Crippen LogP contribution in [-0.4, -0.2) is 37.4 Å². The molecule has 5 rings (SSSR count). The molecule has 12 heteroatoms. The van der Waals surface area contributed by atoms with E-state index < -0.39 is 35.9 Å². The number of carbonyl (C=O) groups is 1. The third-order valence-electron chi connectivity index (χ3n) is 6.35. The molecule has 0 bridgehead atoms. The fourth-order valence-electron chi connectivity index (χ4n) is 4.57. The van der Waals surface area contributed by atoms with Crippen LogP contribution in [0.5, 0.6) is 0 Å². The van der Waals surface area contributed by atoms with Gasteiger partial charge in [-0.15, -0.1) is 10.2 Å². The van der Waals surface area contributed by atoms with Crippen molar-refractivity contribution in [2.45, 2.75) is 25.8 Å². The predicted octanol–water partition coefficient (Wildman–Crippen LogP) is 6.56. The first-order valence-electron chi connectivity index (χ1n) is 11.6. The summed E-state index contributed by atoms with van der Waals surface area (Å²) >= 11 is 0. The van der Waals surface area contributed by atoms with E-state index in [4.69, 9.17) is 0 Å². The normalized spacial score (nSPS) is 12.3. The Bertz CT molecular complexity index is 1690. The van der Waals surface area contributed by atoms with Crippen molar-refractivity contribution >= 4 is 22.5 Å². The van der Waals surface area contributed by atoms with E-state index in [1.807, 2.05) is 25.1 Å². The molecule has 0 aliphatic heterocycles. The highest BCUT2D eigenvalue weighted by Crippen LogP contribution is 2.38. The van der Waals surface area contributed by atoms with Crippen LogP contribution in [0.4, 0.5) is 26.3 Å². The van der Waals surface area contributed by atoms with E-state index in [0.29, 0.717) is 34.2 Å².